The number of nitrogens with zero attached hydrogens (tertiary/aromatic N) is 3. The molecule has 0 spiro atoms. The lowest BCUT2D eigenvalue weighted by atomic mass is 10.4. The Hall–Kier alpha value is -0.733. The van der Waals surface area contributed by atoms with E-state index in [1.807, 2.05) is 19.4 Å². The Morgan fingerprint density at radius 1 is 1.25 bits per heavy atom. The van der Waals surface area contributed by atoms with E-state index < -0.39 is 8.80 Å². The minimum atomic E-state index is -2.43. The SMILES string of the molecule is CCN(CCC[Si](OC)(OC)OC)Cc1nccn1C. The van der Waals surface area contributed by atoms with Crippen molar-refractivity contribution in [1.82, 2.24) is 14.5 Å². The molecule has 7 heteroatoms. The molecule has 0 aliphatic rings. The second kappa shape index (κ2) is 8.53. The van der Waals surface area contributed by atoms with Gasteiger partial charge in [-0.05, 0) is 19.5 Å². The fourth-order valence-electron chi connectivity index (χ4n) is 2.17. The van der Waals surface area contributed by atoms with Crippen molar-refractivity contribution < 1.29 is 13.3 Å². The van der Waals surface area contributed by atoms with E-state index in [-0.39, 0.29) is 0 Å². The number of hydrogen-bond donors (Lipinski definition) is 0. The molecule has 1 heterocycles. The maximum Gasteiger partial charge on any atom is 0.500 e. The second-order valence-corrected chi connectivity index (χ2v) is 7.81. The molecule has 1 rings (SSSR count). The van der Waals surface area contributed by atoms with Gasteiger partial charge in [0.15, 0.2) is 0 Å². The number of aromatic nitrogens is 2. The summed E-state index contributed by atoms with van der Waals surface area (Å²) in [5.41, 5.74) is 0. The molecule has 0 amide bonds. The Kier molecular flexibility index (Phi) is 7.39. The summed E-state index contributed by atoms with van der Waals surface area (Å²) in [6, 6.07) is 0.827. The second-order valence-electron chi connectivity index (χ2n) is 4.72. The minimum Gasteiger partial charge on any atom is -0.377 e. The summed E-state index contributed by atoms with van der Waals surface area (Å²) in [6.45, 7) is 5.00. The van der Waals surface area contributed by atoms with Gasteiger partial charge in [-0.1, -0.05) is 6.92 Å². The summed E-state index contributed by atoms with van der Waals surface area (Å²) in [6.07, 6.45) is 4.80. The van der Waals surface area contributed by atoms with Crippen molar-refractivity contribution in [3.8, 4) is 0 Å². The van der Waals surface area contributed by atoms with Crippen LogP contribution in [0.3, 0.4) is 0 Å². The molecule has 0 saturated heterocycles. The van der Waals surface area contributed by atoms with Gasteiger partial charge < -0.3 is 17.8 Å². The van der Waals surface area contributed by atoms with Gasteiger partial charge in [-0.3, -0.25) is 4.90 Å². The van der Waals surface area contributed by atoms with Gasteiger partial charge in [-0.15, -0.1) is 0 Å². The molecule has 20 heavy (non-hydrogen) atoms. The molecular formula is C13H27N3O3Si. The summed E-state index contributed by atoms with van der Waals surface area (Å²) in [4.78, 5) is 6.73. The molecule has 0 unspecified atom stereocenters. The lowest BCUT2D eigenvalue weighted by Crippen LogP contribution is -2.43. The number of rotatable bonds is 10. The molecule has 0 fully saturated rings. The Morgan fingerprint density at radius 2 is 1.90 bits per heavy atom. The van der Waals surface area contributed by atoms with Crippen LogP contribution < -0.4 is 0 Å². The predicted molar refractivity (Wildman–Crippen MR) is 80.4 cm³/mol. The first-order chi connectivity index (χ1) is 9.60. The van der Waals surface area contributed by atoms with Gasteiger partial charge in [0.25, 0.3) is 0 Å². The normalized spacial score (nSPS) is 12.3. The molecule has 0 aliphatic heterocycles. The average molecular weight is 301 g/mol. The van der Waals surface area contributed by atoms with Crippen molar-refractivity contribution in [1.29, 1.82) is 0 Å². The summed E-state index contributed by atoms with van der Waals surface area (Å²) >= 11 is 0. The summed E-state index contributed by atoms with van der Waals surface area (Å²) in [5.74, 6) is 1.08. The highest BCUT2D eigenvalue weighted by molar-refractivity contribution is 6.60. The lowest BCUT2D eigenvalue weighted by Gasteiger charge is -2.26. The zero-order chi connectivity index (χ0) is 15.0. The van der Waals surface area contributed by atoms with Crippen LogP contribution in [-0.2, 0) is 26.9 Å². The maximum absolute atomic E-state index is 5.44. The maximum atomic E-state index is 5.44. The van der Waals surface area contributed by atoms with Gasteiger partial charge in [-0.2, -0.15) is 0 Å². The first-order valence-corrected chi connectivity index (χ1v) is 8.88. The van der Waals surface area contributed by atoms with Crippen LogP contribution in [-0.4, -0.2) is 57.7 Å². The van der Waals surface area contributed by atoms with Crippen LogP contribution in [0.15, 0.2) is 12.4 Å². The largest absolute Gasteiger partial charge is 0.500 e. The van der Waals surface area contributed by atoms with E-state index in [0.717, 1.165) is 37.9 Å². The highest BCUT2D eigenvalue weighted by atomic mass is 28.4. The zero-order valence-electron chi connectivity index (χ0n) is 13.3. The van der Waals surface area contributed by atoms with Crippen LogP contribution in [0.25, 0.3) is 0 Å². The fourth-order valence-corrected chi connectivity index (χ4v) is 3.88. The summed E-state index contributed by atoms with van der Waals surface area (Å²) in [5, 5.41) is 0. The molecule has 0 bridgehead atoms. The zero-order valence-corrected chi connectivity index (χ0v) is 14.3. The fraction of sp³-hybridized carbons (Fsp3) is 0.769. The highest BCUT2D eigenvalue weighted by Gasteiger charge is 2.36. The molecule has 0 atom stereocenters. The molecule has 1 aromatic heterocycles. The molecular weight excluding hydrogens is 274 g/mol. The topological polar surface area (TPSA) is 48.8 Å². The summed E-state index contributed by atoms with van der Waals surface area (Å²) in [7, 11) is 4.56. The molecule has 0 saturated carbocycles. The lowest BCUT2D eigenvalue weighted by molar-refractivity contribution is 0.121. The average Bonchev–Trinajstić information content (AvgIpc) is 2.88. The van der Waals surface area contributed by atoms with E-state index in [1.54, 1.807) is 21.3 Å². The molecule has 0 radical (unpaired) electrons. The molecule has 6 nitrogen and oxygen atoms in total. The third-order valence-corrected chi connectivity index (χ3v) is 6.46. The molecule has 116 valence electrons. The number of aryl methyl sites for hydroxylation is 1. The van der Waals surface area contributed by atoms with Crippen molar-refractivity contribution in [2.75, 3.05) is 34.4 Å². The third-order valence-electron chi connectivity index (χ3n) is 3.62. The summed E-state index contributed by atoms with van der Waals surface area (Å²) < 4.78 is 18.4. The Balaban J connectivity index is 2.44. The van der Waals surface area contributed by atoms with Gasteiger partial charge in [0.1, 0.15) is 5.82 Å². The van der Waals surface area contributed by atoms with Crippen molar-refractivity contribution in [3.63, 3.8) is 0 Å². The Labute approximate surface area is 123 Å². The van der Waals surface area contributed by atoms with Crippen molar-refractivity contribution >= 4 is 8.80 Å². The van der Waals surface area contributed by atoms with Crippen LogP contribution in [0.4, 0.5) is 0 Å². The van der Waals surface area contributed by atoms with Gasteiger partial charge in [0.2, 0.25) is 0 Å². The standard InChI is InChI=1S/C13H27N3O3Si/c1-6-16(12-13-14-8-10-15(13)2)9-7-11-20(17-3,18-4)19-5/h8,10H,6-7,9,11-12H2,1-5H3. The predicted octanol–water partition coefficient (Wildman–Crippen LogP) is 1.51. The van der Waals surface area contributed by atoms with Gasteiger partial charge in [0, 0.05) is 46.8 Å². The van der Waals surface area contributed by atoms with Crippen LogP contribution in [0, 0.1) is 0 Å². The number of imidazole rings is 1. The first kappa shape index (κ1) is 17.3. The Bertz CT molecular complexity index is 374. The molecule has 1 aromatic rings. The minimum absolute atomic E-state index is 0.827. The number of hydrogen-bond acceptors (Lipinski definition) is 5. The van der Waals surface area contributed by atoms with E-state index in [4.69, 9.17) is 13.3 Å². The quantitative estimate of drug-likeness (QED) is 0.613. The van der Waals surface area contributed by atoms with Crippen molar-refractivity contribution in [3.05, 3.63) is 18.2 Å². The van der Waals surface area contributed by atoms with E-state index in [0.29, 0.717) is 0 Å². The van der Waals surface area contributed by atoms with Gasteiger partial charge in [0.05, 0.1) is 6.54 Å². The van der Waals surface area contributed by atoms with Crippen molar-refractivity contribution in [2.24, 2.45) is 7.05 Å². The third kappa shape index (κ3) is 4.67. The smallest absolute Gasteiger partial charge is 0.377 e. The highest BCUT2D eigenvalue weighted by Crippen LogP contribution is 2.15. The van der Waals surface area contributed by atoms with Crippen LogP contribution in [0.1, 0.15) is 19.2 Å². The van der Waals surface area contributed by atoms with E-state index in [1.165, 1.54) is 0 Å². The van der Waals surface area contributed by atoms with Crippen LogP contribution >= 0.6 is 0 Å². The molecule has 0 N–H and O–H groups in total. The monoisotopic (exact) mass is 301 g/mol. The van der Waals surface area contributed by atoms with Crippen LogP contribution in [0.5, 0.6) is 0 Å². The van der Waals surface area contributed by atoms with Gasteiger partial charge in [-0.25, -0.2) is 4.98 Å². The van der Waals surface area contributed by atoms with Gasteiger partial charge >= 0.3 is 8.80 Å². The first-order valence-electron chi connectivity index (χ1n) is 6.94. The molecule has 0 aliphatic carbocycles. The Morgan fingerprint density at radius 3 is 2.35 bits per heavy atom. The molecule has 0 aromatic carbocycles. The van der Waals surface area contributed by atoms with E-state index in [9.17, 15) is 0 Å². The van der Waals surface area contributed by atoms with Crippen LogP contribution in [0.2, 0.25) is 6.04 Å². The van der Waals surface area contributed by atoms with E-state index >= 15 is 0 Å². The van der Waals surface area contributed by atoms with Crippen molar-refractivity contribution in [2.45, 2.75) is 25.9 Å². The van der Waals surface area contributed by atoms with E-state index in [2.05, 4.69) is 21.4 Å².